The Bertz CT molecular complexity index is 160. The van der Waals surface area contributed by atoms with Crippen LogP contribution in [0.3, 0.4) is 0 Å². The molecule has 10 heavy (non-hydrogen) atoms. The molecule has 56 valence electrons. The zero-order valence-electron chi connectivity index (χ0n) is 6.75. The van der Waals surface area contributed by atoms with Crippen LogP contribution in [0.4, 0.5) is 0 Å². The lowest BCUT2D eigenvalue weighted by Crippen LogP contribution is -2.59. The fraction of sp³-hybridized carbons (Fsp3) is 0.778. The van der Waals surface area contributed by atoms with Crippen LogP contribution in [-0.2, 0) is 0 Å². The van der Waals surface area contributed by atoms with Crippen LogP contribution in [0, 0.1) is 0 Å². The SMILES string of the molecule is CC(C)N1C2C=CCC1C2. The second-order valence-corrected chi connectivity index (χ2v) is 3.66. The van der Waals surface area contributed by atoms with Gasteiger partial charge in [-0.05, 0) is 26.7 Å². The van der Waals surface area contributed by atoms with Crippen molar-refractivity contribution in [1.29, 1.82) is 0 Å². The Balaban J connectivity index is 2.08. The molecule has 3 aliphatic rings. The molecule has 0 radical (unpaired) electrons. The van der Waals surface area contributed by atoms with Gasteiger partial charge in [-0.1, -0.05) is 12.2 Å². The van der Waals surface area contributed by atoms with Crippen LogP contribution >= 0.6 is 0 Å². The number of rotatable bonds is 1. The third kappa shape index (κ3) is 0.734. The molecule has 1 heteroatoms. The van der Waals surface area contributed by atoms with E-state index in [-0.39, 0.29) is 0 Å². The molecule has 2 aliphatic heterocycles. The first-order valence-electron chi connectivity index (χ1n) is 4.23. The fourth-order valence-electron chi connectivity index (χ4n) is 2.25. The summed E-state index contributed by atoms with van der Waals surface area (Å²) < 4.78 is 0. The minimum atomic E-state index is 0.744. The summed E-state index contributed by atoms with van der Waals surface area (Å²) in [5.41, 5.74) is 0. The maximum atomic E-state index is 2.61. The van der Waals surface area contributed by atoms with Gasteiger partial charge in [0.2, 0.25) is 0 Å². The zero-order valence-corrected chi connectivity index (χ0v) is 6.75. The van der Waals surface area contributed by atoms with Gasteiger partial charge >= 0.3 is 0 Å². The van der Waals surface area contributed by atoms with Gasteiger partial charge in [0.25, 0.3) is 0 Å². The van der Waals surface area contributed by atoms with Crippen molar-refractivity contribution in [3.05, 3.63) is 12.2 Å². The molecule has 2 bridgehead atoms. The predicted molar refractivity (Wildman–Crippen MR) is 42.9 cm³/mol. The van der Waals surface area contributed by atoms with E-state index in [4.69, 9.17) is 0 Å². The van der Waals surface area contributed by atoms with Gasteiger partial charge < -0.3 is 0 Å². The van der Waals surface area contributed by atoms with E-state index in [1.165, 1.54) is 12.8 Å². The zero-order chi connectivity index (χ0) is 7.14. The van der Waals surface area contributed by atoms with Crippen LogP contribution in [0.5, 0.6) is 0 Å². The Labute approximate surface area is 62.7 Å². The van der Waals surface area contributed by atoms with Crippen LogP contribution in [0.2, 0.25) is 0 Å². The van der Waals surface area contributed by atoms with Crippen LogP contribution in [0.15, 0.2) is 12.2 Å². The summed E-state index contributed by atoms with van der Waals surface area (Å²) in [6.45, 7) is 4.58. The first-order valence-corrected chi connectivity index (χ1v) is 4.23. The summed E-state index contributed by atoms with van der Waals surface area (Å²) >= 11 is 0. The molecule has 2 atom stereocenters. The Morgan fingerprint density at radius 1 is 1.50 bits per heavy atom. The highest BCUT2D eigenvalue weighted by atomic mass is 15.3. The highest BCUT2D eigenvalue weighted by molar-refractivity contribution is 5.13. The molecule has 0 spiro atoms. The maximum Gasteiger partial charge on any atom is 0.0299 e. The summed E-state index contributed by atoms with van der Waals surface area (Å²) in [4.78, 5) is 2.61. The minimum Gasteiger partial charge on any atom is -0.291 e. The Morgan fingerprint density at radius 3 is 2.60 bits per heavy atom. The highest BCUT2D eigenvalue weighted by Crippen LogP contribution is 2.35. The van der Waals surface area contributed by atoms with Crippen molar-refractivity contribution < 1.29 is 0 Å². The van der Waals surface area contributed by atoms with Crippen molar-refractivity contribution in [2.24, 2.45) is 0 Å². The Morgan fingerprint density at radius 2 is 2.30 bits per heavy atom. The average Bonchev–Trinajstić information content (AvgIpc) is 1.87. The molecule has 0 N–H and O–H groups in total. The van der Waals surface area contributed by atoms with Crippen molar-refractivity contribution in [1.82, 2.24) is 4.90 Å². The molecule has 2 unspecified atom stereocenters. The third-order valence-electron chi connectivity index (χ3n) is 2.68. The molecule has 1 fully saturated rings. The third-order valence-corrected chi connectivity index (χ3v) is 2.68. The number of hydrogen-bond acceptors (Lipinski definition) is 1. The predicted octanol–water partition coefficient (Wildman–Crippen LogP) is 1.80. The summed E-state index contributed by atoms with van der Waals surface area (Å²) in [6.07, 6.45) is 7.39. The van der Waals surface area contributed by atoms with E-state index < -0.39 is 0 Å². The average molecular weight is 137 g/mol. The van der Waals surface area contributed by atoms with Gasteiger partial charge in [0.05, 0.1) is 0 Å². The van der Waals surface area contributed by atoms with E-state index in [0.717, 1.165) is 18.1 Å². The number of hydrogen-bond donors (Lipinski definition) is 0. The first kappa shape index (κ1) is 6.41. The van der Waals surface area contributed by atoms with Gasteiger partial charge in [-0.25, -0.2) is 0 Å². The molecule has 3 rings (SSSR count). The molecule has 1 saturated heterocycles. The largest absolute Gasteiger partial charge is 0.291 e. The van der Waals surface area contributed by atoms with Crippen molar-refractivity contribution in [3.63, 3.8) is 0 Å². The molecule has 0 amide bonds. The van der Waals surface area contributed by atoms with Crippen molar-refractivity contribution in [3.8, 4) is 0 Å². The minimum absolute atomic E-state index is 0.744. The van der Waals surface area contributed by atoms with E-state index in [1.807, 2.05) is 0 Å². The van der Waals surface area contributed by atoms with Crippen molar-refractivity contribution in [2.45, 2.75) is 44.8 Å². The molecule has 1 nitrogen and oxygen atoms in total. The first-order chi connectivity index (χ1) is 4.79. The summed E-state index contributed by atoms with van der Waals surface area (Å²) in [6, 6.07) is 2.42. The standard InChI is InChI=1S/C9H15N/c1-7(2)10-8-4-3-5-9(10)6-8/h3-4,7-9H,5-6H2,1-2H3. The maximum absolute atomic E-state index is 2.61. The quantitative estimate of drug-likeness (QED) is 0.498. The molecule has 0 aromatic carbocycles. The molecular weight excluding hydrogens is 122 g/mol. The molecule has 0 aromatic rings. The topological polar surface area (TPSA) is 3.24 Å². The normalized spacial score (nSPS) is 38.3. The highest BCUT2D eigenvalue weighted by Gasteiger charge is 2.39. The second kappa shape index (κ2) is 2.09. The van der Waals surface area contributed by atoms with Gasteiger partial charge in [-0.3, -0.25) is 4.90 Å². The van der Waals surface area contributed by atoms with E-state index in [2.05, 4.69) is 30.9 Å². The monoisotopic (exact) mass is 137 g/mol. The summed E-state index contributed by atoms with van der Waals surface area (Å²) in [5.74, 6) is 0. The van der Waals surface area contributed by atoms with E-state index in [9.17, 15) is 0 Å². The molecule has 2 heterocycles. The fourth-order valence-corrected chi connectivity index (χ4v) is 2.25. The van der Waals surface area contributed by atoms with Gasteiger partial charge in [-0.15, -0.1) is 0 Å². The van der Waals surface area contributed by atoms with E-state index in [0.29, 0.717) is 0 Å². The van der Waals surface area contributed by atoms with Crippen LogP contribution in [-0.4, -0.2) is 23.0 Å². The Kier molecular flexibility index (Phi) is 1.34. The van der Waals surface area contributed by atoms with Gasteiger partial charge in [0.15, 0.2) is 0 Å². The summed E-state index contributed by atoms with van der Waals surface area (Å²) in [7, 11) is 0. The van der Waals surface area contributed by atoms with E-state index in [1.54, 1.807) is 0 Å². The number of fused-ring (bicyclic) bond motifs is 1. The van der Waals surface area contributed by atoms with Crippen molar-refractivity contribution >= 4 is 0 Å². The van der Waals surface area contributed by atoms with Crippen LogP contribution < -0.4 is 0 Å². The van der Waals surface area contributed by atoms with Crippen LogP contribution in [0.1, 0.15) is 26.7 Å². The lowest BCUT2D eigenvalue weighted by molar-refractivity contribution is 0.00572. The van der Waals surface area contributed by atoms with Gasteiger partial charge in [0, 0.05) is 18.1 Å². The molecule has 0 saturated carbocycles. The second-order valence-electron chi connectivity index (χ2n) is 3.66. The smallest absolute Gasteiger partial charge is 0.0299 e. The molecule has 1 aliphatic carbocycles. The lowest BCUT2D eigenvalue weighted by Gasteiger charge is -2.52. The summed E-state index contributed by atoms with van der Waals surface area (Å²) in [5, 5.41) is 0. The lowest BCUT2D eigenvalue weighted by atomic mass is 9.84. The van der Waals surface area contributed by atoms with Gasteiger partial charge in [0.1, 0.15) is 0 Å². The van der Waals surface area contributed by atoms with Gasteiger partial charge in [-0.2, -0.15) is 0 Å². The number of nitrogens with zero attached hydrogens (tertiary/aromatic N) is 1. The van der Waals surface area contributed by atoms with E-state index >= 15 is 0 Å². The van der Waals surface area contributed by atoms with Crippen LogP contribution in [0.25, 0.3) is 0 Å². The molecular formula is C9H15N. The van der Waals surface area contributed by atoms with Crippen molar-refractivity contribution in [2.75, 3.05) is 0 Å². The Hall–Kier alpha value is -0.300. The molecule has 0 aromatic heterocycles.